The van der Waals surface area contributed by atoms with Crippen LogP contribution in [0.1, 0.15) is 11.7 Å². The van der Waals surface area contributed by atoms with Crippen molar-refractivity contribution >= 4 is 15.9 Å². The van der Waals surface area contributed by atoms with Crippen LogP contribution in [0.2, 0.25) is 0 Å². The molecule has 3 rings (SSSR count). The summed E-state index contributed by atoms with van der Waals surface area (Å²) in [5, 5.41) is 7.59. The maximum absolute atomic E-state index is 5.72. The second kappa shape index (κ2) is 5.22. The summed E-state index contributed by atoms with van der Waals surface area (Å²) in [6.07, 6.45) is 3.88. The smallest absolute Gasteiger partial charge is 0.0949 e. The predicted octanol–water partition coefficient (Wildman–Crippen LogP) is 2.30. The SMILES string of the molecule is Brc1cnn(-c2ccc(C3CNCCO3)cc2)c1. The van der Waals surface area contributed by atoms with Crippen molar-refractivity contribution < 1.29 is 4.74 Å². The number of ether oxygens (including phenoxy) is 1. The average Bonchev–Trinajstić information content (AvgIpc) is 2.87. The van der Waals surface area contributed by atoms with Crippen molar-refractivity contribution in [1.82, 2.24) is 15.1 Å². The van der Waals surface area contributed by atoms with Crippen LogP contribution in [0.3, 0.4) is 0 Å². The summed E-state index contributed by atoms with van der Waals surface area (Å²) in [5.74, 6) is 0. The molecule has 0 aliphatic carbocycles. The van der Waals surface area contributed by atoms with Gasteiger partial charge in [0.1, 0.15) is 0 Å². The first-order valence-corrected chi connectivity index (χ1v) is 6.75. The molecule has 0 amide bonds. The van der Waals surface area contributed by atoms with Gasteiger partial charge in [0.05, 0.1) is 29.1 Å². The monoisotopic (exact) mass is 307 g/mol. The molecule has 1 unspecified atom stereocenters. The van der Waals surface area contributed by atoms with Gasteiger partial charge in [0.25, 0.3) is 0 Å². The van der Waals surface area contributed by atoms with Gasteiger partial charge in [0.2, 0.25) is 0 Å². The van der Waals surface area contributed by atoms with Crippen molar-refractivity contribution in [3.05, 3.63) is 46.7 Å². The fraction of sp³-hybridized carbons (Fsp3) is 0.308. The lowest BCUT2D eigenvalue weighted by Crippen LogP contribution is -2.33. The Bertz CT molecular complexity index is 517. The van der Waals surface area contributed by atoms with Gasteiger partial charge in [0, 0.05) is 19.3 Å². The average molecular weight is 308 g/mol. The number of morpholine rings is 1. The first-order valence-electron chi connectivity index (χ1n) is 5.96. The predicted molar refractivity (Wildman–Crippen MR) is 72.8 cm³/mol. The molecule has 2 heterocycles. The Morgan fingerprint density at radius 2 is 2.17 bits per heavy atom. The molecule has 1 fully saturated rings. The van der Waals surface area contributed by atoms with Crippen molar-refractivity contribution in [1.29, 1.82) is 0 Å². The largest absolute Gasteiger partial charge is 0.371 e. The van der Waals surface area contributed by atoms with E-state index in [9.17, 15) is 0 Å². The molecule has 94 valence electrons. The molecular formula is C13H14BrN3O. The highest BCUT2D eigenvalue weighted by molar-refractivity contribution is 9.10. The maximum atomic E-state index is 5.72. The van der Waals surface area contributed by atoms with Crippen molar-refractivity contribution in [3.8, 4) is 5.69 Å². The van der Waals surface area contributed by atoms with Crippen LogP contribution in [-0.4, -0.2) is 29.5 Å². The summed E-state index contributed by atoms with van der Waals surface area (Å²) < 4.78 is 8.54. The zero-order chi connectivity index (χ0) is 12.4. The molecule has 0 saturated carbocycles. The zero-order valence-electron chi connectivity index (χ0n) is 9.84. The van der Waals surface area contributed by atoms with Gasteiger partial charge in [0.15, 0.2) is 0 Å². The Balaban J connectivity index is 1.80. The molecule has 5 heteroatoms. The summed E-state index contributed by atoms with van der Waals surface area (Å²) >= 11 is 3.39. The number of hydrogen-bond donors (Lipinski definition) is 1. The number of hydrogen-bond acceptors (Lipinski definition) is 3. The number of halogens is 1. The van der Waals surface area contributed by atoms with Crippen LogP contribution in [0, 0.1) is 0 Å². The van der Waals surface area contributed by atoms with Crippen LogP contribution in [-0.2, 0) is 4.74 Å². The van der Waals surface area contributed by atoms with Gasteiger partial charge < -0.3 is 10.1 Å². The molecule has 1 aromatic heterocycles. The molecule has 1 N–H and O–H groups in total. The Kier molecular flexibility index (Phi) is 3.45. The van der Waals surface area contributed by atoms with E-state index in [1.165, 1.54) is 5.56 Å². The fourth-order valence-corrected chi connectivity index (χ4v) is 2.35. The van der Waals surface area contributed by atoms with E-state index < -0.39 is 0 Å². The summed E-state index contributed by atoms with van der Waals surface area (Å²) in [6.45, 7) is 2.60. The lowest BCUT2D eigenvalue weighted by molar-refractivity contribution is 0.0277. The quantitative estimate of drug-likeness (QED) is 0.925. The third-order valence-corrected chi connectivity index (χ3v) is 3.42. The second-order valence-corrected chi connectivity index (χ2v) is 5.17. The van der Waals surface area contributed by atoms with Gasteiger partial charge in [-0.15, -0.1) is 0 Å². The van der Waals surface area contributed by atoms with Crippen LogP contribution in [0.25, 0.3) is 5.69 Å². The highest BCUT2D eigenvalue weighted by Gasteiger charge is 2.15. The van der Waals surface area contributed by atoms with Crippen LogP contribution in [0.4, 0.5) is 0 Å². The van der Waals surface area contributed by atoms with Crippen molar-refractivity contribution in [3.63, 3.8) is 0 Å². The summed E-state index contributed by atoms with van der Waals surface area (Å²) in [7, 11) is 0. The summed E-state index contributed by atoms with van der Waals surface area (Å²) in [5.41, 5.74) is 2.25. The lowest BCUT2D eigenvalue weighted by Gasteiger charge is -2.24. The molecule has 1 aliphatic heterocycles. The molecule has 4 nitrogen and oxygen atoms in total. The highest BCUT2D eigenvalue weighted by Crippen LogP contribution is 2.20. The lowest BCUT2D eigenvalue weighted by atomic mass is 10.1. The van der Waals surface area contributed by atoms with Gasteiger partial charge >= 0.3 is 0 Å². The fourth-order valence-electron chi connectivity index (χ4n) is 2.06. The summed E-state index contributed by atoms with van der Waals surface area (Å²) in [4.78, 5) is 0. The standard InChI is InChI=1S/C13H14BrN3O/c14-11-7-16-17(9-11)12-3-1-10(2-4-12)13-8-15-5-6-18-13/h1-4,7,9,13,15H,5-6,8H2. The molecule has 1 aromatic carbocycles. The third kappa shape index (κ3) is 2.48. The van der Waals surface area contributed by atoms with Gasteiger partial charge in [-0.2, -0.15) is 5.10 Å². The van der Waals surface area contributed by atoms with E-state index in [1.54, 1.807) is 6.20 Å². The first-order chi connectivity index (χ1) is 8.83. The number of rotatable bonds is 2. The van der Waals surface area contributed by atoms with Gasteiger partial charge in [-0.1, -0.05) is 12.1 Å². The minimum Gasteiger partial charge on any atom is -0.371 e. The van der Waals surface area contributed by atoms with Crippen LogP contribution in [0.15, 0.2) is 41.1 Å². The van der Waals surface area contributed by atoms with Crippen LogP contribution < -0.4 is 5.32 Å². The third-order valence-electron chi connectivity index (χ3n) is 3.01. The Hall–Kier alpha value is -1.17. The molecule has 1 aliphatic rings. The van der Waals surface area contributed by atoms with Crippen LogP contribution in [0.5, 0.6) is 0 Å². The Labute approximate surface area is 114 Å². The van der Waals surface area contributed by atoms with E-state index in [-0.39, 0.29) is 6.10 Å². The van der Waals surface area contributed by atoms with Crippen LogP contribution >= 0.6 is 15.9 Å². The van der Waals surface area contributed by atoms with Crippen molar-refractivity contribution in [2.24, 2.45) is 0 Å². The normalized spacial score (nSPS) is 19.9. The number of aromatic nitrogens is 2. The molecule has 0 spiro atoms. The number of benzene rings is 1. The molecule has 1 saturated heterocycles. The maximum Gasteiger partial charge on any atom is 0.0949 e. The molecule has 18 heavy (non-hydrogen) atoms. The minimum atomic E-state index is 0.164. The molecule has 0 bridgehead atoms. The van der Waals surface area contributed by atoms with Gasteiger partial charge in [-0.25, -0.2) is 4.68 Å². The van der Waals surface area contributed by atoms with Crippen molar-refractivity contribution in [2.45, 2.75) is 6.10 Å². The Morgan fingerprint density at radius 1 is 1.33 bits per heavy atom. The first kappa shape index (κ1) is 11.9. The van der Waals surface area contributed by atoms with E-state index in [2.05, 4.69) is 50.6 Å². The second-order valence-electron chi connectivity index (χ2n) is 4.26. The topological polar surface area (TPSA) is 39.1 Å². The molecular weight excluding hydrogens is 294 g/mol. The van der Waals surface area contributed by atoms with E-state index in [0.29, 0.717) is 0 Å². The molecule has 0 radical (unpaired) electrons. The van der Waals surface area contributed by atoms with Crippen molar-refractivity contribution in [2.75, 3.05) is 19.7 Å². The number of nitrogens with one attached hydrogen (secondary N) is 1. The van der Waals surface area contributed by atoms with Gasteiger partial charge in [-0.05, 0) is 33.6 Å². The van der Waals surface area contributed by atoms with Gasteiger partial charge in [-0.3, -0.25) is 0 Å². The summed E-state index contributed by atoms with van der Waals surface area (Å²) in [6, 6.07) is 8.32. The van der Waals surface area contributed by atoms with E-state index in [4.69, 9.17) is 4.74 Å². The van der Waals surface area contributed by atoms with E-state index in [1.807, 2.05) is 10.9 Å². The number of nitrogens with zero attached hydrogens (tertiary/aromatic N) is 2. The zero-order valence-corrected chi connectivity index (χ0v) is 11.4. The van der Waals surface area contributed by atoms with E-state index >= 15 is 0 Å². The highest BCUT2D eigenvalue weighted by atomic mass is 79.9. The van der Waals surface area contributed by atoms with E-state index in [0.717, 1.165) is 29.9 Å². The molecule has 1 atom stereocenters. The molecule has 2 aromatic rings. The Morgan fingerprint density at radius 3 is 2.78 bits per heavy atom. The minimum absolute atomic E-state index is 0.164.